The first-order chi connectivity index (χ1) is 66.4. The van der Waals surface area contributed by atoms with Gasteiger partial charge in [-0.1, -0.05) is 412 Å². The Balaban J connectivity index is 0.000000143. The molecule has 4 nitrogen and oxygen atoms in total. The number of aromatic nitrogens is 2. The highest BCUT2D eigenvalue weighted by Gasteiger charge is 2.30. The van der Waals surface area contributed by atoms with Crippen LogP contribution >= 0.6 is 0 Å². The number of benzene rings is 24. The first kappa shape index (κ1) is 78.8. The van der Waals surface area contributed by atoms with Gasteiger partial charge in [0, 0.05) is 77.2 Å². The van der Waals surface area contributed by atoms with Crippen LogP contribution in [-0.2, 0) is 0 Å². The molecular formula is C130H88N4. The van der Waals surface area contributed by atoms with E-state index in [1.807, 2.05) is 0 Å². The van der Waals surface area contributed by atoms with Crippen LogP contribution in [0.2, 0.25) is 0 Å². The maximum absolute atomic E-state index is 2.46. The quantitative estimate of drug-likeness (QED) is 0.101. The lowest BCUT2D eigenvalue weighted by Gasteiger charge is -2.30. The second kappa shape index (κ2) is 32.9. The lowest BCUT2D eigenvalue weighted by atomic mass is 9.82. The highest BCUT2D eigenvalue weighted by atomic mass is 15.2. The Bertz CT molecular complexity index is 8870. The van der Waals surface area contributed by atoms with E-state index >= 15 is 0 Å². The molecule has 0 unspecified atom stereocenters. The number of nitrogens with zero attached hydrogens (tertiary/aromatic N) is 4. The molecule has 0 saturated heterocycles. The second-order valence-corrected chi connectivity index (χ2v) is 35.3. The van der Waals surface area contributed by atoms with Gasteiger partial charge in [-0.15, -0.1) is 0 Å². The van der Waals surface area contributed by atoms with Crippen molar-refractivity contribution in [2.75, 3.05) is 9.80 Å². The summed E-state index contributed by atoms with van der Waals surface area (Å²) in [4.78, 5) is 4.93. The number of anilines is 6. The topological polar surface area (TPSA) is 16.3 Å². The Morgan fingerprint density at radius 1 is 0.142 bits per heavy atom. The van der Waals surface area contributed by atoms with E-state index in [0.29, 0.717) is 0 Å². The van der Waals surface area contributed by atoms with E-state index in [0.717, 1.165) is 45.5 Å². The molecule has 0 spiro atoms. The smallest absolute Gasteiger partial charge is 0.0618 e. The van der Waals surface area contributed by atoms with E-state index in [1.54, 1.807) is 0 Å². The molecule has 0 bridgehead atoms. The van der Waals surface area contributed by atoms with E-state index in [2.05, 4.69) is 530 Å². The Hall–Kier alpha value is -17.4. The predicted octanol–water partition coefficient (Wildman–Crippen LogP) is 36.4. The van der Waals surface area contributed by atoms with Gasteiger partial charge in [0.25, 0.3) is 0 Å². The number of hydrogen-bond donors (Lipinski definition) is 0. The van der Waals surface area contributed by atoms with Crippen LogP contribution in [0.25, 0.3) is 208 Å². The SMILES string of the molecule is Cc1ccc2c(-c3c4ccccc4c(N(c4ccccc4)c4ccc(-n5c6ccccc6c6ccccc65)cc4)c4ccccc34)c3ccccc3c(-c3ccc(-c4ccccc4)cc3)c2c1.Cc1ccc2c(-c3ccc(-c4ccccc4)cc3)c3ccccc3c(-c3c4ccccc4c(N(c4ccccc4)c4ccc(-n5c6ccccc6c6ccccc65)cc4)c4ccccc34)c2c1. The van der Waals surface area contributed by atoms with Crippen LogP contribution in [0.3, 0.4) is 0 Å². The summed E-state index contributed by atoms with van der Waals surface area (Å²) in [5.74, 6) is 0. The van der Waals surface area contributed by atoms with Crippen LogP contribution in [0.4, 0.5) is 34.1 Å². The summed E-state index contributed by atoms with van der Waals surface area (Å²) in [6.07, 6.45) is 0. The van der Waals surface area contributed by atoms with Crippen molar-refractivity contribution >= 4 is 164 Å². The van der Waals surface area contributed by atoms with Crippen LogP contribution < -0.4 is 9.80 Å². The Morgan fingerprint density at radius 2 is 0.343 bits per heavy atom. The minimum Gasteiger partial charge on any atom is -0.309 e. The molecule has 24 aromatic carbocycles. The van der Waals surface area contributed by atoms with Crippen LogP contribution in [0, 0.1) is 13.8 Å². The Kier molecular flexibility index (Phi) is 19.4. The van der Waals surface area contributed by atoms with Crippen molar-refractivity contribution in [2.24, 2.45) is 0 Å². The first-order valence-electron chi connectivity index (χ1n) is 46.4. The molecule has 4 heteroatoms. The summed E-state index contributed by atoms with van der Waals surface area (Å²) >= 11 is 0. The standard InChI is InChI=1S/2C65H44N2/c1-43-32-41-56-59(42-43)62(46-35-33-45(34-36-46)44-18-4-2-5-19-44)52-24-8-9-25-53(52)63(56)64-54-26-10-12-28-57(54)65(58-29-13-11-27-55(58)64)66(47-20-6-3-7-21-47)48-37-39-49(40-38-48)67-60-30-16-14-22-50(60)51-23-15-17-31-61(51)67;1-43-32-41-56-59(42-43)64(53-25-9-8-24-52(53)62(56)46-35-33-45(34-36-46)44-18-4-2-5-19-44)63-54-26-10-12-28-57(54)65(58-29-13-11-27-55(58)63)66(47-20-6-3-7-21-47)48-37-39-49(40-38-48)67-60-30-16-14-22-50(60)51-23-15-17-31-61(51)67/h2*2-42H,1H3. The average molecular weight is 1710 g/mol. The van der Waals surface area contributed by atoms with Crippen LogP contribution in [-0.4, -0.2) is 9.13 Å². The van der Waals surface area contributed by atoms with Gasteiger partial charge in [0.05, 0.1) is 33.4 Å². The van der Waals surface area contributed by atoms with Crippen LogP contribution in [0.5, 0.6) is 0 Å². The predicted molar refractivity (Wildman–Crippen MR) is 573 cm³/mol. The Morgan fingerprint density at radius 3 is 0.657 bits per heavy atom. The number of rotatable bonds is 14. The van der Waals surface area contributed by atoms with Gasteiger partial charge >= 0.3 is 0 Å². The van der Waals surface area contributed by atoms with Gasteiger partial charge in [0.15, 0.2) is 0 Å². The molecule has 0 radical (unpaired) electrons. The van der Waals surface area contributed by atoms with Crippen molar-refractivity contribution < 1.29 is 0 Å². The van der Waals surface area contributed by atoms with Crippen molar-refractivity contribution in [3.63, 3.8) is 0 Å². The van der Waals surface area contributed by atoms with Crippen molar-refractivity contribution in [1.82, 2.24) is 9.13 Å². The van der Waals surface area contributed by atoms with E-state index in [1.165, 1.54) is 208 Å². The van der Waals surface area contributed by atoms with Gasteiger partial charge in [-0.3, -0.25) is 0 Å². The second-order valence-electron chi connectivity index (χ2n) is 35.3. The lowest BCUT2D eigenvalue weighted by Crippen LogP contribution is -2.11. The minimum absolute atomic E-state index is 1.09. The molecule has 0 N–H and O–H groups in total. The van der Waals surface area contributed by atoms with Crippen LogP contribution in [0.15, 0.2) is 497 Å². The maximum Gasteiger partial charge on any atom is 0.0618 e. The highest BCUT2D eigenvalue weighted by Crippen LogP contribution is 2.56. The summed E-state index contributed by atoms with van der Waals surface area (Å²) in [5, 5.41) is 24.6. The number of para-hydroxylation sites is 6. The van der Waals surface area contributed by atoms with Crippen molar-refractivity contribution in [1.29, 1.82) is 0 Å². The maximum atomic E-state index is 2.46. The van der Waals surface area contributed by atoms with E-state index < -0.39 is 0 Å². The molecule has 2 heterocycles. The third-order valence-corrected chi connectivity index (χ3v) is 27.6. The Labute approximate surface area is 777 Å². The molecule has 26 rings (SSSR count). The van der Waals surface area contributed by atoms with Gasteiger partial charge in [-0.25, -0.2) is 0 Å². The molecule has 2 aromatic heterocycles. The summed E-state index contributed by atoms with van der Waals surface area (Å²) < 4.78 is 4.78. The third-order valence-electron chi connectivity index (χ3n) is 27.6. The van der Waals surface area contributed by atoms with Gasteiger partial charge in [-0.2, -0.15) is 0 Å². The molecule has 26 aromatic rings. The van der Waals surface area contributed by atoms with E-state index in [9.17, 15) is 0 Å². The fraction of sp³-hybridized carbons (Fsp3) is 0.0154. The molecular weight excluding hydrogens is 1620 g/mol. The molecule has 0 atom stereocenters. The lowest BCUT2D eigenvalue weighted by molar-refractivity contribution is 1.17. The zero-order valence-corrected chi connectivity index (χ0v) is 74.1. The highest BCUT2D eigenvalue weighted by molar-refractivity contribution is 6.33. The first-order valence-corrected chi connectivity index (χ1v) is 46.4. The average Bonchev–Trinajstić information content (AvgIpc) is 1.08. The molecule has 0 fully saturated rings. The molecule has 0 amide bonds. The number of hydrogen-bond acceptors (Lipinski definition) is 2. The molecule has 628 valence electrons. The minimum atomic E-state index is 1.09. The van der Waals surface area contributed by atoms with Gasteiger partial charge in [0.1, 0.15) is 0 Å². The fourth-order valence-corrected chi connectivity index (χ4v) is 21.8. The fourth-order valence-electron chi connectivity index (χ4n) is 21.8. The van der Waals surface area contributed by atoms with Crippen molar-refractivity contribution in [2.45, 2.75) is 13.8 Å². The van der Waals surface area contributed by atoms with Crippen molar-refractivity contribution in [3.05, 3.63) is 509 Å². The summed E-state index contributed by atoms with van der Waals surface area (Å²) in [5.41, 5.74) is 31.1. The zero-order valence-electron chi connectivity index (χ0n) is 74.1. The molecule has 0 aliphatic heterocycles. The van der Waals surface area contributed by atoms with Gasteiger partial charge < -0.3 is 18.9 Å². The van der Waals surface area contributed by atoms with E-state index in [-0.39, 0.29) is 0 Å². The van der Waals surface area contributed by atoms with Crippen LogP contribution in [0.1, 0.15) is 11.1 Å². The monoisotopic (exact) mass is 1700 g/mol. The molecule has 0 saturated carbocycles. The largest absolute Gasteiger partial charge is 0.309 e. The van der Waals surface area contributed by atoms with E-state index in [4.69, 9.17) is 0 Å². The van der Waals surface area contributed by atoms with Crippen molar-refractivity contribution in [3.8, 4) is 78.1 Å². The summed E-state index contributed by atoms with van der Waals surface area (Å²) in [6.45, 7) is 4.43. The summed E-state index contributed by atoms with van der Waals surface area (Å²) in [6, 6.07) is 183. The van der Waals surface area contributed by atoms with Gasteiger partial charge in [-0.05, 0) is 242 Å². The zero-order chi connectivity index (χ0) is 88.9. The number of aryl methyl sites for hydroxylation is 2. The molecule has 134 heavy (non-hydrogen) atoms. The van der Waals surface area contributed by atoms with Gasteiger partial charge in [0.2, 0.25) is 0 Å². The third kappa shape index (κ3) is 13.2. The normalized spacial score (nSPS) is 11.7. The summed E-state index contributed by atoms with van der Waals surface area (Å²) in [7, 11) is 0. The number of fused-ring (bicyclic) bond motifs is 14. The molecule has 0 aliphatic carbocycles. The molecule has 0 aliphatic rings.